The Hall–Kier alpha value is -0.450. The molecule has 2 unspecified atom stereocenters. The van der Waals surface area contributed by atoms with Gasteiger partial charge in [-0.05, 0) is 38.0 Å². The summed E-state index contributed by atoms with van der Waals surface area (Å²) in [5.74, 6) is 0.614. The number of hydrogen-bond donors (Lipinski definition) is 1. The molecule has 2 atom stereocenters. The molecule has 0 radical (unpaired) electrons. The number of aryl methyl sites for hydroxylation is 1. The summed E-state index contributed by atoms with van der Waals surface area (Å²) in [4.78, 5) is 5.88. The van der Waals surface area contributed by atoms with Crippen molar-refractivity contribution in [2.24, 2.45) is 5.92 Å². The minimum Gasteiger partial charge on any atom is -0.388 e. The van der Waals surface area contributed by atoms with E-state index in [1.54, 1.807) is 18.4 Å². The summed E-state index contributed by atoms with van der Waals surface area (Å²) >= 11 is 1.68. The second-order valence-corrected chi connectivity index (χ2v) is 6.89. The molecule has 1 fully saturated rings. The van der Waals surface area contributed by atoms with Crippen molar-refractivity contribution in [3.63, 3.8) is 0 Å². The molecule has 1 heterocycles. The van der Waals surface area contributed by atoms with Gasteiger partial charge in [-0.2, -0.15) is 0 Å². The summed E-state index contributed by atoms with van der Waals surface area (Å²) in [6.07, 6.45) is 9.31. The molecule has 1 aromatic rings. The van der Waals surface area contributed by atoms with Crippen LogP contribution in [-0.2, 0) is 11.2 Å². The molecule has 1 aromatic heterocycles. The first-order valence-corrected chi connectivity index (χ1v) is 8.31. The molecule has 19 heavy (non-hydrogen) atoms. The van der Waals surface area contributed by atoms with Crippen LogP contribution in [0.5, 0.6) is 0 Å². The second-order valence-electron chi connectivity index (χ2n) is 5.83. The Kier molecular flexibility index (Phi) is 4.20. The van der Waals surface area contributed by atoms with Gasteiger partial charge in [-0.3, -0.25) is 0 Å². The van der Waals surface area contributed by atoms with Crippen LogP contribution in [0.4, 0.5) is 0 Å². The van der Waals surface area contributed by atoms with Gasteiger partial charge in [0.15, 0.2) is 0 Å². The van der Waals surface area contributed by atoms with Crippen LogP contribution in [-0.4, -0.2) is 17.2 Å². The Labute approximate surface area is 119 Å². The number of hydrogen-bond acceptors (Lipinski definition) is 4. The first-order chi connectivity index (χ1) is 9.29. The van der Waals surface area contributed by atoms with Gasteiger partial charge in [0.2, 0.25) is 0 Å². The maximum atomic E-state index is 10.1. The molecular formula is C15H23NO2S. The van der Waals surface area contributed by atoms with Gasteiger partial charge in [0.25, 0.3) is 0 Å². The molecule has 0 spiro atoms. The Balaban J connectivity index is 1.83. The van der Waals surface area contributed by atoms with Crippen LogP contribution < -0.4 is 0 Å². The third kappa shape index (κ3) is 2.71. The summed E-state index contributed by atoms with van der Waals surface area (Å²) in [6.45, 7) is 0. The summed E-state index contributed by atoms with van der Waals surface area (Å²) in [6, 6.07) is 0. The lowest BCUT2D eigenvalue weighted by molar-refractivity contribution is 0.0351. The molecule has 1 N–H and O–H groups in total. The van der Waals surface area contributed by atoms with Crippen molar-refractivity contribution >= 4 is 11.3 Å². The molecule has 0 bridgehead atoms. The zero-order valence-corrected chi connectivity index (χ0v) is 12.4. The fraction of sp³-hybridized carbons (Fsp3) is 0.800. The highest BCUT2D eigenvalue weighted by molar-refractivity contribution is 7.11. The number of aliphatic hydroxyl groups excluding tert-OH is 1. The maximum Gasteiger partial charge on any atom is 0.122 e. The molecule has 2 aliphatic rings. The van der Waals surface area contributed by atoms with E-state index in [1.165, 1.54) is 32.1 Å². The Morgan fingerprint density at radius 3 is 2.68 bits per heavy atom. The lowest BCUT2D eigenvalue weighted by Gasteiger charge is -2.27. The van der Waals surface area contributed by atoms with Crippen LogP contribution in [0.1, 0.15) is 72.7 Å². The van der Waals surface area contributed by atoms with E-state index in [9.17, 15) is 5.11 Å². The quantitative estimate of drug-likeness (QED) is 0.916. The van der Waals surface area contributed by atoms with Crippen molar-refractivity contribution in [1.82, 2.24) is 4.98 Å². The minimum absolute atomic E-state index is 0.142. The summed E-state index contributed by atoms with van der Waals surface area (Å²) in [5.41, 5.74) is 1.12. The third-order valence-electron chi connectivity index (χ3n) is 4.51. The van der Waals surface area contributed by atoms with Crippen LogP contribution >= 0.6 is 11.3 Å². The normalized spacial score (nSPS) is 26.1. The van der Waals surface area contributed by atoms with Gasteiger partial charge in [0.05, 0.1) is 16.7 Å². The summed E-state index contributed by atoms with van der Waals surface area (Å²) in [5, 5.41) is 11.2. The highest BCUT2D eigenvalue weighted by atomic mass is 32.1. The number of rotatable bonds is 3. The van der Waals surface area contributed by atoms with Crippen LogP contribution in [0.15, 0.2) is 0 Å². The number of aromatic nitrogens is 1. The molecule has 0 saturated heterocycles. The van der Waals surface area contributed by atoms with Crippen LogP contribution in [0.25, 0.3) is 0 Å². The van der Waals surface area contributed by atoms with Gasteiger partial charge < -0.3 is 9.84 Å². The topological polar surface area (TPSA) is 42.4 Å². The molecule has 0 aromatic carbocycles. The van der Waals surface area contributed by atoms with E-state index in [4.69, 9.17) is 9.72 Å². The van der Waals surface area contributed by atoms with Crippen LogP contribution in [0, 0.1) is 5.92 Å². The van der Waals surface area contributed by atoms with E-state index in [0.29, 0.717) is 5.92 Å². The van der Waals surface area contributed by atoms with Crippen molar-refractivity contribution in [2.75, 3.05) is 7.11 Å². The third-order valence-corrected chi connectivity index (χ3v) is 5.77. The highest BCUT2D eigenvalue weighted by Gasteiger charge is 2.30. The first kappa shape index (κ1) is 13.5. The van der Waals surface area contributed by atoms with Crippen molar-refractivity contribution < 1.29 is 9.84 Å². The van der Waals surface area contributed by atoms with E-state index in [-0.39, 0.29) is 12.2 Å². The van der Waals surface area contributed by atoms with Gasteiger partial charge in [-0.25, -0.2) is 4.98 Å². The highest BCUT2D eigenvalue weighted by Crippen LogP contribution is 2.41. The fourth-order valence-electron chi connectivity index (χ4n) is 3.47. The Bertz CT molecular complexity index is 426. The lowest BCUT2D eigenvalue weighted by Crippen LogP contribution is -2.17. The Morgan fingerprint density at radius 2 is 2.00 bits per heavy atom. The molecule has 3 rings (SSSR count). The Morgan fingerprint density at radius 1 is 1.21 bits per heavy atom. The van der Waals surface area contributed by atoms with E-state index in [2.05, 4.69) is 0 Å². The average Bonchev–Trinajstić information content (AvgIpc) is 2.86. The van der Waals surface area contributed by atoms with Crippen molar-refractivity contribution in [1.29, 1.82) is 0 Å². The van der Waals surface area contributed by atoms with Gasteiger partial charge >= 0.3 is 0 Å². The van der Waals surface area contributed by atoms with E-state index in [1.807, 2.05) is 0 Å². The van der Waals surface area contributed by atoms with Crippen molar-refractivity contribution in [3.05, 3.63) is 15.6 Å². The number of aliphatic hydroxyl groups is 1. The number of thiazole rings is 1. The predicted molar refractivity (Wildman–Crippen MR) is 76.3 cm³/mol. The van der Waals surface area contributed by atoms with Gasteiger partial charge in [-0.1, -0.05) is 19.3 Å². The second kappa shape index (κ2) is 5.90. The number of ether oxygens (including phenoxy) is 1. The standard InChI is InChI=1S/C15H23NO2S/c1-18-13(10-6-3-2-4-7-10)15-16-11-8-5-9-12(17)14(11)19-15/h10,12-13,17H,2-9H2,1H3. The molecule has 0 aliphatic heterocycles. The molecule has 4 heteroatoms. The largest absolute Gasteiger partial charge is 0.388 e. The summed E-state index contributed by atoms with van der Waals surface area (Å²) < 4.78 is 5.76. The van der Waals surface area contributed by atoms with E-state index in [0.717, 1.165) is 34.8 Å². The smallest absolute Gasteiger partial charge is 0.122 e. The average molecular weight is 281 g/mol. The monoisotopic (exact) mass is 281 g/mol. The zero-order chi connectivity index (χ0) is 13.2. The molecular weight excluding hydrogens is 258 g/mol. The molecule has 3 nitrogen and oxygen atoms in total. The molecule has 106 valence electrons. The SMILES string of the molecule is COC(c1nc2c(s1)C(O)CCC2)C1CCCCC1. The van der Waals surface area contributed by atoms with Crippen molar-refractivity contribution in [3.8, 4) is 0 Å². The first-order valence-electron chi connectivity index (χ1n) is 7.50. The van der Waals surface area contributed by atoms with Gasteiger partial charge in [-0.15, -0.1) is 11.3 Å². The molecule has 1 saturated carbocycles. The number of methoxy groups -OCH3 is 1. The van der Waals surface area contributed by atoms with Crippen LogP contribution in [0.2, 0.25) is 0 Å². The van der Waals surface area contributed by atoms with Gasteiger partial charge in [0, 0.05) is 7.11 Å². The lowest BCUT2D eigenvalue weighted by atomic mass is 9.85. The van der Waals surface area contributed by atoms with Gasteiger partial charge in [0.1, 0.15) is 11.1 Å². The molecule has 2 aliphatic carbocycles. The predicted octanol–water partition coefficient (Wildman–Crippen LogP) is 3.78. The van der Waals surface area contributed by atoms with E-state index >= 15 is 0 Å². The maximum absolute atomic E-state index is 10.1. The van der Waals surface area contributed by atoms with Crippen LogP contribution in [0.3, 0.4) is 0 Å². The summed E-state index contributed by atoms with van der Waals surface area (Å²) in [7, 11) is 1.80. The molecule has 0 amide bonds. The zero-order valence-electron chi connectivity index (χ0n) is 11.6. The number of nitrogens with zero attached hydrogens (tertiary/aromatic N) is 1. The van der Waals surface area contributed by atoms with Crippen molar-refractivity contribution in [2.45, 2.75) is 63.6 Å². The fourth-order valence-corrected chi connectivity index (χ4v) is 4.77. The minimum atomic E-state index is -0.293. The number of fused-ring (bicyclic) bond motifs is 1. The van der Waals surface area contributed by atoms with E-state index < -0.39 is 0 Å².